The number of anilines is 1. The average Bonchev–Trinajstić information content (AvgIpc) is 3.30. The van der Waals surface area contributed by atoms with Gasteiger partial charge in [-0.05, 0) is 38.3 Å². The maximum Gasteiger partial charge on any atom is 0.240 e. The molecule has 1 saturated heterocycles. The van der Waals surface area contributed by atoms with Crippen molar-refractivity contribution in [3.63, 3.8) is 0 Å². The number of para-hydroxylation sites is 2. The number of hydrogen-bond acceptors (Lipinski definition) is 5. The van der Waals surface area contributed by atoms with Gasteiger partial charge in [0.15, 0.2) is 9.84 Å². The summed E-state index contributed by atoms with van der Waals surface area (Å²) in [6.07, 6.45) is 1.32. The Labute approximate surface area is 147 Å². The molecule has 2 aliphatic rings. The first-order chi connectivity index (χ1) is 11.9. The second-order valence-electron chi connectivity index (χ2n) is 6.54. The average molecular weight is 366 g/mol. The predicted octanol–water partition coefficient (Wildman–Crippen LogP) is 1.11. The summed E-state index contributed by atoms with van der Waals surface area (Å²) in [5, 5.41) is 5.51. The standard InChI is InChI=1S/C17H22N2O5S/c1-2-24-14-6-4-3-5-13(14)19-16(21)17(8-9-17)15(20)18-12-7-10-25(22,23)11-12/h3-6,12H,2,7-11H2,1H3,(H,18,20)(H,19,21). The molecule has 8 heteroatoms. The van der Waals surface area contributed by atoms with Gasteiger partial charge in [-0.15, -0.1) is 0 Å². The maximum absolute atomic E-state index is 12.7. The Balaban J connectivity index is 1.66. The smallest absolute Gasteiger partial charge is 0.240 e. The fourth-order valence-electron chi connectivity index (χ4n) is 3.01. The molecule has 1 atom stereocenters. The van der Waals surface area contributed by atoms with E-state index in [1.54, 1.807) is 24.3 Å². The van der Waals surface area contributed by atoms with Crippen LogP contribution in [0.4, 0.5) is 5.69 Å². The normalized spacial score (nSPS) is 22.8. The van der Waals surface area contributed by atoms with Crippen molar-refractivity contribution < 1.29 is 22.7 Å². The van der Waals surface area contributed by atoms with E-state index < -0.39 is 21.3 Å². The zero-order chi connectivity index (χ0) is 18.1. The Morgan fingerprint density at radius 1 is 1.24 bits per heavy atom. The van der Waals surface area contributed by atoms with E-state index in [9.17, 15) is 18.0 Å². The third-order valence-corrected chi connectivity index (χ3v) is 6.39. The monoisotopic (exact) mass is 366 g/mol. The van der Waals surface area contributed by atoms with Crippen molar-refractivity contribution >= 4 is 27.3 Å². The number of benzene rings is 1. The molecular weight excluding hydrogens is 344 g/mol. The van der Waals surface area contributed by atoms with Gasteiger partial charge in [0, 0.05) is 6.04 Å². The fraction of sp³-hybridized carbons (Fsp3) is 0.529. The third kappa shape index (κ3) is 3.78. The minimum Gasteiger partial charge on any atom is -0.492 e. The molecule has 2 N–H and O–H groups in total. The van der Waals surface area contributed by atoms with E-state index in [4.69, 9.17) is 4.74 Å². The molecule has 0 radical (unpaired) electrons. The van der Waals surface area contributed by atoms with Crippen LogP contribution < -0.4 is 15.4 Å². The summed E-state index contributed by atoms with van der Waals surface area (Å²) >= 11 is 0. The lowest BCUT2D eigenvalue weighted by atomic mass is 10.0. The van der Waals surface area contributed by atoms with Crippen molar-refractivity contribution in [2.75, 3.05) is 23.4 Å². The molecule has 25 heavy (non-hydrogen) atoms. The molecule has 2 amide bonds. The molecule has 1 heterocycles. The van der Waals surface area contributed by atoms with Crippen LogP contribution in [-0.2, 0) is 19.4 Å². The summed E-state index contributed by atoms with van der Waals surface area (Å²) in [5.41, 5.74) is -0.581. The second-order valence-corrected chi connectivity index (χ2v) is 8.77. The van der Waals surface area contributed by atoms with Crippen molar-refractivity contribution in [2.24, 2.45) is 5.41 Å². The van der Waals surface area contributed by atoms with Crippen molar-refractivity contribution in [1.29, 1.82) is 0 Å². The van der Waals surface area contributed by atoms with E-state index in [1.807, 2.05) is 6.92 Å². The lowest BCUT2D eigenvalue weighted by Gasteiger charge is -2.19. The largest absolute Gasteiger partial charge is 0.492 e. The zero-order valence-electron chi connectivity index (χ0n) is 14.1. The summed E-state index contributed by atoms with van der Waals surface area (Å²) < 4.78 is 28.5. The third-order valence-electron chi connectivity index (χ3n) is 4.62. The molecule has 3 rings (SSSR count). The lowest BCUT2D eigenvalue weighted by molar-refractivity contribution is -0.134. The summed E-state index contributed by atoms with van der Waals surface area (Å²) in [4.78, 5) is 25.2. The summed E-state index contributed by atoms with van der Waals surface area (Å²) in [7, 11) is -3.08. The SMILES string of the molecule is CCOc1ccccc1NC(=O)C1(C(=O)NC2CCS(=O)(=O)C2)CC1. The number of ether oxygens (including phenoxy) is 1. The Morgan fingerprint density at radius 2 is 1.96 bits per heavy atom. The van der Waals surface area contributed by atoms with Crippen LogP contribution in [0.5, 0.6) is 5.75 Å². The van der Waals surface area contributed by atoms with Gasteiger partial charge < -0.3 is 15.4 Å². The van der Waals surface area contributed by atoms with Crippen molar-refractivity contribution in [2.45, 2.75) is 32.2 Å². The van der Waals surface area contributed by atoms with E-state index in [2.05, 4.69) is 10.6 Å². The van der Waals surface area contributed by atoms with Crippen LogP contribution in [0.15, 0.2) is 24.3 Å². The molecule has 0 spiro atoms. The van der Waals surface area contributed by atoms with E-state index >= 15 is 0 Å². The number of sulfone groups is 1. The second kappa shape index (κ2) is 6.67. The molecule has 1 unspecified atom stereocenters. The highest BCUT2D eigenvalue weighted by Gasteiger charge is 2.57. The van der Waals surface area contributed by atoms with E-state index in [0.717, 1.165) is 0 Å². The minimum atomic E-state index is -3.08. The Kier molecular flexibility index (Phi) is 4.73. The Hall–Kier alpha value is -2.09. The summed E-state index contributed by atoms with van der Waals surface area (Å²) in [5.74, 6) is -0.182. The van der Waals surface area contributed by atoms with E-state index in [0.29, 0.717) is 37.3 Å². The van der Waals surface area contributed by atoms with Crippen molar-refractivity contribution in [3.05, 3.63) is 24.3 Å². The van der Waals surface area contributed by atoms with Crippen LogP contribution in [0.2, 0.25) is 0 Å². The number of carbonyl (C=O) groups excluding carboxylic acids is 2. The number of nitrogens with one attached hydrogen (secondary N) is 2. The number of hydrogen-bond donors (Lipinski definition) is 2. The van der Waals surface area contributed by atoms with Crippen LogP contribution in [-0.4, -0.2) is 44.4 Å². The first-order valence-corrected chi connectivity index (χ1v) is 10.2. The first-order valence-electron chi connectivity index (χ1n) is 8.41. The Morgan fingerprint density at radius 3 is 2.56 bits per heavy atom. The quantitative estimate of drug-likeness (QED) is 0.735. The van der Waals surface area contributed by atoms with Gasteiger partial charge in [0.2, 0.25) is 11.8 Å². The van der Waals surface area contributed by atoms with E-state index in [1.165, 1.54) is 0 Å². The van der Waals surface area contributed by atoms with Gasteiger partial charge in [-0.3, -0.25) is 9.59 Å². The topological polar surface area (TPSA) is 102 Å². The van der Waals surface area contributed by atoms with Gasteiger partial charge in [-0.25, -0.2) is 8.42 Å². The minimum absolute atomic E-state index is 0.0520. The fourth-order valence-corrected chi connectivity index (χ4v) is 4.68. The Bertz CT molecular complexity index is 786. The highest BCUT2D eigenvalue weighted by Crippen LogP contribution is 2.47. The molecule has 7 nitrogen and oxygen atoms in total. The first kappa shape index (κ1) is 17.7. The van der Waals surface area contributed by atoms with Crippen LogP contribution in [0.1, 0.15) is 26.2 Å². The summed E-state index contributed by atoms with van der Waals surface area (Å²) in [6, 6.07) is 6.66. The molecular formula is C17H22N2O5S. The molecule has 1 aromatic carbocycles. The van der Waals surface area contributed by atoms with Crippen molar-refractivity contribution in [1.82, 2.24) is 5.32 Å². The highest BCUT2D eigenvalue weighted by atomic mass is 32.2. The van der Waals surface area contributed by atoms with Gasteiger partial charge in [0.05, 0.1) is 23.8 Å². The molecule has 1 saturated carbocycles. The molecule has 0 bridgehead atoms. The van der Waals surface area contributed by atoms with Crippen LogP contribution in [0, 0.1) is 5.41 Å². The maximum atomic E-state index is 12.7. The van der Waals surface area contributed by atoms with Crippen LogP contribution in [0.3, 0.4) is 0 Å². The zero-order valence-corrected chi connectivity index (χ0v) is 14.9. The van der Waals surface area contributed by atoms with Gasteiger partial charge in [-0.1, -0.05) is 12.1 Å². The van der Waals surface area contributed by atoms with Gasteiger partial charge in [0.1, 0.15) is 11.2 Å². The molecule has 1 aliphatic carbocycles. The number of amides is 2. The van der Waals surface area contributed by atoms with Gasteiger partial charge in [0.25, 0.3) is 0 Å². The van der Waals surface area contributed by atoms with Gasteiger partial charge in [-0.2, -0.15) is 0 Å². The number of carbonyl (C=O) groups is 2. The molecule has 136 valence electrons. The van der Waals surface area contributed by atoms with Crippen LogP contribution >= 0.6 is 0 Å². The van der Waals surface area contributed by atoms with Gasteiger partial charge >= 0.3 is 0 Å². The molecule has 1 aliphatic heterocycles. The highest BCUT2D eigenvalue weighted by molar-refractivity contribution is 7.91. The molecule has 2 fully saturated rings. The van der Waals surface area contributed by atoms with Crippen LogP contribution in [0.25, 0.3) is 0 Å². The molecule has 1 aromatic rings. The predicted molar refractivity (Wildman–Crippen MR) is 93.1 cm³/mol. The van der Waals surface area contributed by atoms with Crippen molar-refractivity contribution in [3.8, 4) is 5.75 Å². The summed E-state index contributed by atoms with van der Waals surface area (Å²) in [6.45, 7) is 2.32. The van der Waals surface area contributed by atoms with E-state index in [-0.39, 0.29) is 23.3 Å². The number of rotatable bonds is 6. The lowest BCUT2D eigenvalue weighted by Crippen LogP contribution is -2.45. The molecule has 0 aromatic heterocycles.